The second-order valence-electron chi connectivity index (χ2n) is 9.75. The summed E-state index contributed by atoms with van der Waals surface area (Å²) in [5.41, 5.74) is -1.50. The van der Waals surface area contributed by atoms with Gasteiger partial charge in [0.2, 0.25) is 17.4 Å². The lowest BCUT2D eigenvalue weighted by molar-refractivity contribution is -0.0458. The number of fused-ring (bicyclic) bond motifs is 1. The van der Waals surface area contributed by atoms with Gasteiger partial charge in [-0.3, -0.25) is 33.0 Å². The average molecular weight is 633 g/mol. The highest BCUT2D eigenvalue weighted by atomic mass is 35.5. The predicted octanol–water partition coefficient (Wildman–Crippen LogP) is 1.86. The molecule has 1 unspecified atom stereocenters. The van der Waals surface area contributed by atoms with Crippen molar-refractivity contribution in [3.8, 4) is 0 Å². The van der Waals surface area contributed by atoms with E-state index in [9.17, 15) is 33.2 Å². The number of aromatic amines is 1. The average Bonchev–Trinajstić information content (AvgIpc) is 3.49. The number of halogens is 2. The molecule has 0 spiro atoms. The van der Waals surface area contributed by atoms with Gasteiger partial charge in [-0.15, -0.1) is 11.6 Å². The summed E-state index contributed by atoms with van der Waals surface area (Å²) in [4.78, 5) is 50.6. The Balaban J connectivity index is 1.50. The molecule has 0 radical (unpaired) electrons. The van der Waals surface area contributed by atoms with Crippen molar-refractivity contribution in [2.45, 2.75) is 44.3 Å². The van der Waals surface area contributed by atoms with Crippen LogP contribution in [0.1, 0.15) is 52.0 Å². The molecular formula is C25H31ClFN4O10P. The predicted molar refractivity (Wildman–Crippen MR) is 146 cm³/mol. The van der Waals surface area contributed by atoms with Gasteiger partial charge in [-0.1, -0.05) is 0 Å². The first-order valence-corrected chi connectivity index (χ1v) is 15.0. The van der Waals surface area contributed by atoms with E-state index in [1.54, 1.807) is 7.05 Å². The molecule has 17 heteroatoms. The van der Waals surface area contributed by atoms with Crippen molar-refractivity contribution >= 4 is 30.9 Å². The van der Waals surface area contributed by atoms with Gasteiger partial charge in [-0.2, -0.15) is 4.39 Å². The van der Waals surface area contributed by atoms with Crippen molar-refractivity contribution in [1.82, 2.24) is 18.8 Å². The van der Waals surface area contributed by atoms with Crippen LogP contribution >= 0.6 is 19.3 Å². The van der Waals surface area contributed by atoms with Gasteiger partial charge < -0.3 is 19.1 Å². The maximum atomic E-state index is 14.0. The Kier molecular flexibility index (Phi) is 10.0. The third-order valence-corrected chi connectivity index (χ3v) is 9.25. The molecule has 1 aliphatic heterocycles. The van der Waals surface area contributed by atoms with Crippen molar-refractivity contribution in [2.24, 2.45) is 7.05 Å². The molecule has 0 amide bonds. The summed E-state index contributed by atoms with van der Waals surface area (Å²) >= 11 is 5.78. The molecule has 3 heterocycles. The number of nitrogens with zero attached hydrogens (tertiary/aromatic N) is 3. The lowest BCUT2D eigenvalue weighted by Crippen LogP contribution is -2.34. The molecule has 0 aromatic carbocycles. The number of allylic oxidation sites excluding steroid dienone is 2. The van der Waals surface area contributed by atoms with Crippen molar-refractivity contribution in [1.29, 1.82) is 0 Å². The molecule has 230 valence electrons. The quantitative estimate of drug-likeness (QED) is 0.188. The van der Waals surface area contributed by atoms with Gasteiger partial charge in [0.25, 0.3) is 5.56 Å². The minimum absolute atomic E-state index is 0.0983. The Morgan fingerprint density at radius 1 is 1.26 bits per heavy atom. The van der Waals surface area contributed by atoms with Crippen molar-refractivity contribution in [2.75, 3.05) is 33.2 Å². The lowest BCUT2D eigenvalue weighted by Gasteiger charge is -2.28. The van der Waals surface area contributed by atoms with Gasteiger partial charge in [-0.25, -0.2) is 14.0 Å². The van der Waals surface area contributed by atoms with Crippen LogP contribution in [0, 0.1) is 5.82 Å². The first-order valence-electron chi connectivity index (χ1n) is 12.9. The van der Waals surface area contributed by atoms with Crippen LogP contribution < -0.4 is 11.2 Å². The third-order valence-electron chi connectivity index (χ3n) is 7.02. The molecule has 1 saturated heterocycles. The number of methoxy groups -OCH3 is 1. The minimum atomic E-state index is -4.08. The first-order chi connectivity index (χ1) is 19.9. The second-order valence-corrected chi connectivity index (χ2v) is 12.3. The van der Waals surface area contributed by atoms with Crippen LogP contribution in [0.5, 0.6) is 0 Å². The number of aromatic nitrogens is 3. The summed E-state index contributed by atoms with van der Waals surface area (Å²) in [5.74, 6) is -1.82. The summed E-state index contributed by atoms with van der Waals surface area (Å²) in [7, 11) is 0.283. The van der Waals surface area contributed by atoms with Crippen LogP contribution in [0.4, 0.5) is 4.39 Å². The summed E-state index contributed by atoms with van der Waals surface area (Å²) in [6.45, 7) is -0.474. The van der Waals surface area contributed by atoms with E-state index >= 15 is 0 Å². The molecule has 42 heavy (non-hydrogen) atoms. The number of carbonyl (C=O) groups is 2. The van der Waals surface area contributed by atoms with Gasteiger partial charge in [0.15, 0.2) is 5.76 Å². The zero-order chi connectivity index (χ0) is 30.8. The van der Waals surface area contributed by atoms with Crippen LogP contribution in [-0.2, 0) is 36.7 Å². The monoisotopic (exact) mass is 632 g/mol. The number of carbonyl (C=O) groups excluding carboxylic acids is 2. The number of hydrogen-bond acceptors (Lipinski definition) is 10. The van der Waals surface area contributed by atoms with E-state index in [4.69, 9.17) is 30.1 Å². The van der Waals surface area contributed by atoms with E-state index in [0.29, 0.717) is 30.6 Å². The number of H-pyrrole nitrogens is 1. The number of aliphatic hydroxyl groups excluding tert-OH is 1. The largest absolute Gasteiger partial charge is 0.492 e. The SMILES string of the molecule is COC1=CC(=O)c2c(cc(COP(=O)(OC[C@H]3O[C@@H](n4cc(F)c(=O)[nH]c4=O)C[C@@H]3O)N(C)CCCCCl)n2C)C1=O. The number of nitrogens with one attached hydrogen (secondary N) is 1. The fourth-order valence-corrected chi connectivity index (χ4v) is 6.30. The molecule has 4 rings (SSSR count). The lowest BCUT2D eigenvalue weighted by atomic mass is 10.0. The van der Waals surface area contributed by atoms with Gasteiger partial charge in [0.05, 0.1) is 38.2 Å². The zero-order valence-electron chi connectivity index (χ0n) is 23.1. The number of aliphatic hydroxyl groups is 1. The molecule has 4 atom stereocenters. The van der Waals surface area contributed by atoms with Gasteiger partial charge in [-0.05, 0) is 26.0 Å². The van der Waals surface area contributed by atoms with Gasteiger partial charge in [0.1, 0.15) is 18.0 Å². The summed E-state index contributed by atoms with van der Waals surface area (Å²) in [6.07, 6.45) is -0.549. The summed E-state index contributed by atoms with van der Waals surface area (Å²) in [5, 5.41) is 10.5. The van der Waals surface area contributed by atoms with Crippen LogP contribution in [-0.4, -0.2) is 80.9 Å². The molecule has 0 saturated carbocycles. The van der Waals surface area contributed by atoms with E-state index in [1.165, 1.54) is 29.5 Å². The van der Waals surface area contributed by atoms with Crippen LogP contribution in [0.2, 0.25) is 0 Å². The Labute approximate surface area is 244 Å². The second kappa shape index (κ2) is 13.2. The van der Waals surface area contributed by atoms with E-state index in [2.05, 4.69) is 0 Å². The molecule has 2 aliphatic rings. The molecule has 2 N–H and O–H groups in total. The van der Waals surface area contributed by atoms with Crippen LogP contribution in [0.15, 0.2) is 33.7 Å². The molecule has 2 aromatic heterocycles. The Hall–Kier alpha value is -2.91. The molecule has 14 nitrogen and oxygen atoms in total. The topological polar surface area (TPSA) is 171 Å². The summed E-state index contributed by atoms with van der Waals surface area (Å²) < 4.78 is 53.6. The number of ether oxygens (including phenoxy) is 2. The number of Topliss-reactive ketones (excluding diaryl/α,β-unsaturated/α-hetero) is 1. The van der Waals surface area contributed by atoms with Crippen molar-refractivity contribution in [3.05, 3.63) is 67.7 Å². The highest BCUT2D eigenvalue weighted by Gasteiger charge is 2.40. The Morgan fingerprint density at radius 3 is 2.69 bits per heavy atom. The number of hydrogen-bond donors (Lipinski definition) is 2. The molecule has 2 aromatic rings. The minimum Gasteiger partial charge on any atom is -0.492 e. The zero-order valence-corrected chi connectivity index (χ0v) is 24.7. The fraction of sp³-hybridized carbons (Fsp3) is 0.520. The normalized spacial score (nSPS) is 21.9. The van der Waals surface area contributed by atoms with Crippen LogP contribution in [0.3, 0.4) is 0 Å². The smallest absolute Gasteiger partial charge is 0.408 e. The number of rotatable bonds is 13. The molecular weight excluding hydrogens is 602 g/mol. The number of alkyl halides is 1. The van der Waals surface area contributed by atoms with E-state index in [1.807, 2.05) is 4.98 Å². The van der Waals surface area contributed by atoms with E-state index in [-0.39, 0.29) is 36.6 Å². The standard InChI is InChI=1S/C25H31ClFN4O10P/c1-29(7-5-4-6-26)42(37,39-12-14-8-15-22(30(14)2)18(33)9-19(38-3)23(15)34)40-13-20-17(32)10-21(41-20)31-11-16(27)24(35)28-25(31)36/h8-9,11,17,20-21,32H,4-7,10,12-13H2,1-3H3,(H,28,35,36)/t17-,20+,21+,42?/m0/s1. The first kappa shape index (κ1) is 32.0. The summed E-state index contributed by atoms with van der Waals surface area (Å²) in [6, 6.07) is 1.45. The highest BCUT2D eigenvalue weighted by molar-refractivity contribution is 7.51. The van der Waals surface area contributed by atoms with Gasteiger partial charge >= 0.3 is 13.4 Å². The Bertz CT molecular complexity index is 1550. The molecule has 1 aliphatic carbocycles. The maximum Gasteiger partial charge on any atom is 0.408 e. The maximum absolute atomic E-state index is 14.0. The van der Waals surface area contributed by atoms with E-state index in [0.717, 1.165) is 10.6 Å². The van der Waals surface area contributed by atoms with E-state index < -0.39 is 61.4 Å². The highest BCUT2D eigenvalue weighted by Crippen LogP contribution is 2.52. The molecule has 0 bridgehead atoms. The van der Waals surface area contributed by atoms with Crippen molar-refractivity contribution in [3.63, 3.8) is 0 Å². The third kappa shape index (κ3) is 6.52. The fourth-order valence-electron chi connectivity index (χ4n) is 4.62. The van der Waals surface area contributed by atoms with Gasteiger partial charge in [0, 0.05) is 37.7 Å². The number of ketones is 2. The van der Waals surface area contributed by atoms with Crippen molar-refractivity contribution < 1.29 is 42.2 Å². The van der Waals surface area contributed by atoms with Crippen LogP contribution in [0.25, 0.3) is 0 Å². The Morgan fingerprint density at radius 2 is 2.00 bits per heavy atom. The number of unbranched alkanes of at least 4 members (excludes halogenated alkanes) is 1. The molecule has 1 fully saturated rings.